The fraction of sp³-hybridized carbons (Fsp3) is 0.500. The van der Waals surface area contributed by atoms with Gasteiger partial charge in [-0.1, -0.05) is 0 Å². The molecule has 0 aliphatic carbocycles. The Morgan fingerprint density at radius 3 is 1.68 bits per heavy atom. The van der Waals surface area contributed by atoms with Crippen LogP contribution in [0.25, 0.3) is 0 Å². The fourth-order valence-corrected chi connectivity index (χ4v) is 2.26. The number of hydrogen-bond acceptors (Lipinski definition) is 9. The molecule has 0 unspecified atom stereocenters. The minimum absolute atomic E-state index is 0.0923. The van der Waals surface area contributed by atoms with Gasteiger partial charge in [-0.15, -0.1) is 10.2 Å². The molecule has 9 nitrogen and oxygen atoms in total. The maximum atomic E-state index is 11.4. The molecule has 0 fully saturated rings. The molecule has 0 saturated carbocycles. The molecule has 2 rings (SSSR count). The van der Waals surface area contributed by atoms with Crippen molar-refractivity contribution < 1.29 is 14.2 Å². The zero-order chi connectivity index (χ0) is 13.8. The van der Waals surface area contributed by atoms with E-state index < -0.39 is 0 Å². The van der Waals surface area contributed by atoms with Gasteiger partial charge in [0.2, 0.25) is 0 Å². The minimum atomic E-state index is -0.306. The highest BCUT2D eigenvalue weighted by atomic mass is 32.1. The normalized spacial score (nSPS) is 10.6. The lowest BCUT2D eigenvalue weighted by molar-refractivity contribution is 0.0109. The summed E-state index contributed by atoms with van der Waals surface area (Å²) in [6.45, 7) is -0.185. The summed E-state index contributed by atoms with van der Waals surface area (Å²) in [5.41, 5.74) is 0. The Morgan fingerprint density at radius 2 is 1.37 bits per heavy atom. The molecule has 0 bridgehead atoms. The van der Waals surface area contributed by atoms with Crippen LogP contribution in [0.1, 0.15) is 0 Å². The molecule has 0 aliphatic heterocycles. The van der Waals surface area contributed by atoms with E-state index in [1.54, 1.807) is 0 Å². The SMILES string of the molecule is COc1nn(COCn2nc(OC)sc2=O)c(=O)s1. The largest absolute Gasteiger partial charge is 0.472 e. The molecule has 0 saturated heterocycles. The maximum absolute atomic E-state index is 11.4. The fourth-order valence-electron chi connectivity index (χ4n) is 1.12. The Labute approximate surface area is 114 Å². The monoisotopic (exact) mass is 306 g/mol. The summed E-state index contributed by atoms with van der Waals surface area (Å²) in [4.78, 5) is 22.2. The van der Waals surface area contributed by atoms with Gasteiger partial charge in [0.15, 0.2) is 0 Å². The van der Waals surface area contributed by atoms with Crippen molar-refractivity contribution in [2.24, 2.45) is 0 Å². The molecule has 0 N–H and O–H groups in total. The zero-order valence-electron chi connectivity index (χ0n) is 10.1. The molecule has 11 heteroatoms. The first-order chi connectivity index (χ1) is 9.13. The van der Waals surface area contributed by atoms with E-state index in [0.29, 0.717) is 0 Å². The summed E-state index contributed by atoms with van der Waals surface area (Å²) < 4.78 is 17.0. The molecule has 0 spiro atoms. The molecule has 2 aromatic rings. The van der Waals surface area contributed by atoms with E-state index in [1.165, 1.54) is 14.2 Å². The Kier molecular flexibility index (Phi) is 4.29. The van der Waals surface area contributed by atoms with Crippen molar-refractivity contribution >= 4 is 22.7 Å². The van der Waals surface area contributed by atoms with Crippen molar-refractivity contribution in [1.82, 2.24) is 19.6 Å². The topological polar surface area (TPSA) is 97.5 Å². The van der Waals surface area contributed by atoms with E-state index in [4.69, 9.17) is 14.2 Å². The predicted octanol–water partition coefficient (Wildman–Crippen LogP) is -0.428. The zero-order valence-corrected chi connectivity index (χ0v) is 11.7. The molecule has 2 heterocycles. The van der Waals surface area contributed by atoms with Crippen LogP contribution in [0.2, 0.25) is 0 Å². The minimum Gasteiger partial charge on any atom is -0.472 e. The number of nitrogens with zero attached hydrogens (tertiary/aromatic N) is 4. The van der Waals surface area contributed by atoms with Crippen LogP contribution in [-0.4, -0.2) is 33.8 Å². The van der Waals surface area contributed by atoms with Crippen LogP contribution in [0.4, 0.5) is 0 Å². The average molecular weight is 306 g/mol. The van der Waals surface area contributed by atoms with Gasteiger partial charge in [0.25, 0.3) is 10.4 Å². The third kappa shape index (κ3) is 3.19. The van der Waals surface area contributed by atoms with E-state index in [1.807, 2.05) is 0 Å². The van der Waals surface area contributed by atoms with E-state index in [2.05, 4.69) is 10.2 Å². The summed E-state index contributed by atoms with van der Waals surface area (Å²) in [6, 6.07) is 0. The van der Waals surface area contributed by atoms with Crippen molar-refractivity contribution in [1.29, 1.82) is 0 Å². The quantitative estimate of drug-likeness (QED) is 0.714. The highest BCUT2D eigenvalue weighted by molar-refractivity contribution is 7.11. The van der Waals surface area contributed by atoms with Gasteiger partial charge in [-0.3, -0.25) is 9.59 Å². The number of ether oxygens (including phenoxy) is 3. The van der Waals surface area contributed by atoms with Gasteiger partial charge in [-0.2, -0.15) is 9.36 Å². The molecule has 104 valence electrons. The van der Waals surface area contributed by atoms with E-state index >= 15 is 0 Å². The van der Waals surface area contributed by atoms with Crippen molar-refractivity contribution in [3.8, 4) is 10.4 Å². The van der Waals surface area contributed by atoms with Gasteiger partial charge in [-0.25, -0.2) is 0 Å². The molecule has 0 atom stereocenters. The van der Waals surface area contributed by atoms with Gasteiger partial charge in [0.05, 0.1) is 14.2 Å². The summed E-state index contributed by atoms with van der Waals surface area (Å²) in [6.07, 6.45) is 0. The van der Waals surface area contributed by atoms with Crippen LogP contribution in [0, 0.1) is 0 Å². The Morgan fingerprint density at radius 1 is 0.947 bits per heavy atom. The molecule has 0 aromatic carbocycles. The molecular weight excluding hydrogens is 296 g/mol. The van der Waals surface area contributed by atoms with Gasteiger partial charge in [0, 0.05) is 0 Å². The number of methoxy groups -OCH3 is 2. The highest BCUT2D eigenvalue weighted by Gasteiger charge is 2.08. The van der Waals surface area contributed by atoms with Gasteiger partial charge >= 0.3 is 9.75 Å². The Bertz CT molecular complexity index is 600. The van der Waals surface area contributed by atoms with Gasteiger partial charge < -0.3 is 14.2 Å². The second kappa shape index (κ2) is 5.95. The lowest BCUT2D eigenvalue weighted by Gasteiger charge is -2.02. The van der Waals surface area contributed by atoms with Crippen LogP contribution in [0.3, 0.4) is 0 Å². The van der Waals surface area contributed by atoms with Crippen molar-refractivity contribution in [2.45, 2.75) is 13.5 Å². The van der Waals surface area contributed by atoms with Gasteiger partial charge in [-0.05, 0) is 22.7 Å². The molecule has 0 radical (unpaired) electrons. The van der Waals surface area contributed by atoms with E-state index in [-0.39, 0.29) is 33.6 Å². The second-order valence-electron chi connectivity index (χ2n) is 3.14. The van der Waals surface area contributed by atoms with Crippen molar-refractivity contribution in [2.75, 3.05) is 14.2 Å². The summed E-state index contributed by atoms with van der Waals surface area (Å²) in [5, 5.41) is 8.20. The first-order valence-corrected chi connectivity index (χ1v) is 6.59. The van der Waals surface area contributed by atoms with Crippen molar-refractivity contribution in [3.63, 3.8) is 0 Å². The Hall–Kier alpha value is -1.72. The van der Waals surface area contributed by atoms with Crippen LogP contribution in [-0.2, 0) is 18.2 Å². The first kappa shape index (κ1) is 13.7. The Balaban J connectivity index is 1.95. The molecule has 0 aliphatic rings. The lowest BCUT2D eigenvalue weighted by Crippen LogP contribution is -2.21. The highest BCUT2D eigenvalue weighted by Crippen LogP contribution is 2.09. The number of hydrogen-bond donors (Lipinski definition) is 0. The van der Waals surface area contributed by atoms with Crippen LogP contribution >= 0.6 is 22.7 Å². The number of rotatable bonds is 6. The molecule has 19 heavy (non-hydrogen) atoms. The lowest BCUT2D eigenvalue weighted by atomic mass is 11.1. The average Bonchev–Trinajstić information content (AvgIpc) is 2.94. The summed E-state index contributed by atoms with van der Waals surface area (Å²) in [7, 11) is 2.84. The smallest absolute Gasteiger partial charge is 0.330 e. The van der Waals surface area contributed by atoms with Crippen LogP contribution in [0.15, 0.2) is 9.59 Å². The summed E-state index contributed by atoms with van der Waals surface area (Å²) >= 11 is 1.73. The predicted molar refractivity (Wildman–Crippen MR) is 66.9 cm³/mol. The summed E-state index contributed by atoms with van der Waals surface area (Å²) in [5.74, 6) is 0. The molecule has 0 amide bonds. The van der Waals surface area contributed by atoms with Crippen molar-refractivity contribution in [3.05, 3.63) is 19.3 Å². The molecule has 2 aromatic heterocycles. The third-order valence-corrected chi connectivity index (χ3v) is 3.57. The standard InChI is InChI=1S/C8H10N4O5S2/c1-15-5-9-11(7(13)18-5)3-17-4-12-8(14)19-6(10-12)16-2/h3-4H2,1-2H3. The van der Waals surface area contributed by atoms with Crippen LogP contribution < -0.4 is 19.2 Å². The number of aromatic nitrogens is 4. The second-order valence-corrected chi connectivity index (χ2v) is 4.94. The molecular formula is C8H10N4O5S2. The third-order valence-electron chi connectivity index (χ3n) is 1.95. The maximum Gasteiger partial charge on any atom is 0.330 e. The van der Waals surface area contributed by atoms with E-state index in [0.717, 1.165) is 32.0 Å². The van der Waals surface area contributed by atoms with Gasteiger partial charge in [0.1, 0.15) is 13.5 Å². The first-order valence-electron chi connectivity index (χ1n) is 4.95. The van der Waals surface area contributed by atoms with E-state index in [9.17, 15) is 9.59 Å². The van der Waals surface area contributed by atoms with Crippen LogP contribution in [0.5, 0.6) is 10.4 Å².